The van der Waals surface area contributed by atoms with Crippen LogP contribution < -0.4 is 21.9 Å². The van der Waals surface area contributed by atoms with Crippen molar-refractivity contribution in [3.8, 4) is 0 Å². The van der Waals surface area contributed by atoms with Crippen molar-refractivity contribution in [3.05, 3.63) is 80.9 Å². The molecule has 0 unspecified atom stereocenters. The molecular weight excluding hydrogens is 458 g/mol. The predicted molar refractivity (Wildman–Crippen MR) is 140 cm³/mol. The number of nitrogens with zero attached hydrogens (tertiary/aromatic N) is 3. The first-order chi connectivity index (χ1) is 17.5. The summed E-state index contributed by atoms with van der Waals surface area (Å²) in [6.07, 6.45) is 6.74. The molecule has 9 nitrogen and oxygen atoms in total. The molecule has 9 heteroatoms. The van der Waals surface area contributed by atoms with Crippen LogP contribution in [0, 0.1) is 0 Å². The van der Waals surface area contributed by atoms with Crippen LogP contribution in [0.15, 0.2) is 62.7 Å². The Morgan fingerprint density at radius 3 is 2.53 bits per heavy atom. The van der Waals surface area contributed by atoms with Gasteiger partial charge in [0.05, 0.1) is 19.4 Å². The zero-order valence-corrected chi connectivity index (χ0v) is 20.8. The van der Waals surface area contributed by atoms with E-state index in [0.717, 1.165) is 49.8 Å². The number of nitrogens with one attached hydrogen (secondary N) is 1. The van der Waals surface area contributed by atoms with Gasteiger partial charge in [-0.2, -0.15) is 0 Å². The number of benzene rings is 1. The van der Waals surface area contributed by atoms with Gasteiger partial charge in [-0.1, -0.05) is 56.5 Å². The molecule has 4 rings (SSSR count). The van der Waals surface area contributed by atoms with Crippen LogP contribution in [0.4, 0.5) is 11.5 Å². The Bertz CT molecular complexity index is 1240. The number of anilines is 2. The van der Waals surface area contributed by atoms with Crippen molar-refractivity contribution in [2.24, 2.45) is 0 Å². The van der Waals surface area contributed by atoms with E-state index < -0.39 is 11.2 Å². The lowest BCUT2D eigenvalue weighted by molar-refractivity contribution is -0.120. The molecule has 3 aromatic rings. The van der Waals surface area contributed by atoms with Crippen molar-refractivity contribution in [1.82, 2.24) is 14.5 Å². The van der Waals surface area contributed by atoms with Crippen LogP contribution in [0.5, 0.6) is 0 Å². The number of nitrogen functional groups attached to an aromatic ring is 1. The van der Waals surface area contributed by atoms with E-state index in [4.69, 9.17) is 10.2 Å². The molecule has 192 valence electrons. The number of aromatic nitrogens is 2. The van der Waals surface area contributed by atoms with E-state index in [2.05, 4.69) is 4.98 Å². The zero-order chi connectivity index (χ0) is 25.5. The second kappa shape index (κ2) is 11.9. The highest BCUT2D eigenvalue weighted by molar-refractivity contribution is 5.97. The Labute approximate surface area is 210 Å². The fourth-order valence-electron chi connectivity index (χ4n) is 4.92. The molecule has 1 aliphatic rings. The minimum absolute atomic E-state index is 0.0538. The van der Waals surface area contributed by atoms with Crippen molar-refractivity contribution < 1.29 is 9.21 Å². The Morgan fingerprint density at radius 2 is 1.86 bits per heavy atom. The van der Waals surface area contributed by atoms with Crippen molar-refractivity contribution >= 4 is 17.4 Å². The number of carbonyl (C=O) groups excluding carboxylic acids is 1. The van der Waals surface area contributed by atoms with Gasteiger partial charge in [-0.05, 0) is 37.0 Å². The van der Waals surface area contributed by atoms with E-state index in [0.29, 0.717) is 19.6 Å². The summed E-state index contributed by atoms with van der Waals surface area (Å²) in [6, 6.07) is 13.5. The number of nitrogens with two attached hydrogens (primary N) is 1. The third-order valence-electron chi connectivity index (χ3n) is 6.72. The van der Waals surface area contributed by atoms with Crippen molar-refractivity contribution in [1.29, 1.82) is 0 Å². The van der Waals surface area contributed by atoms with Crippen molar-refractivity contribution in [3.63, 3.8) is 0 Å². The van der Waals surface area contributed by atoms with Gasteiger partial charge in [-0.15, -0.1) is 0 Å². The number of furan rings is 1. The molecule has 3 N–H and O–H groups in total. The van der Waals surface area contributed by atoms with Gasteiger partial charge in [-0.25, -0.2) is 4.79 Å². The van der Waals surface area contributed by atoms with E-state index in [-0.39, 0.29) is 30.0 Å². The fraction of sp³-hybridized carbons (Fsp3) is 0.444. The van der Waals surface area contributed by atoms with Crippen molar-refractivity contribution in [2.45, 2.75) is 71.1 Å². The number of unbranched alkanes of at least 4 members (excludes halogenated alkanes) is 1. The highest BCUT2D eigenvalue weighted by Crippen LogP contribution is 2.30. The summed E-state index contributed by atoms with van der Waals surface area (Å²) >= 11 is 0. The summed E-state index contributed by atoms with van der Waals surface area (Å²) in [4.78, 5) is 45.4. The molecular formula is C27H35N5O4. The summed E-state index contributed by atoms with van der Waals surface area (Å²) in [5.41, 5.74) is 6.40. The molecule has 1 aromatic carbocycles. The second-order valence-corrected chi connectivity index (χ2v) is 9.41. The van der Waals surface area contributed by atoms with E-state index in [9.17, 15) is 14.4 Å². The van der Waals surface area contributed by atoms with Crippen LogP contribution in [0.2, 0.25) is 0 Å². The molecule has 36 heavy (non-hydrogen) atoms. The van der Waals surface area contributed by atoms with Crippen LogP contribution in [-0.2, 0) is 24.4 Å². The van der Waals surface area contributed by atoms with Gasteiger partial charge in [0.25, 0.3) is 5.56 Å². The molecule has 1 saturated carbocycles. The van der Waals surface area contributed by atoms with Crippen molar-refractivity contribution in [2.75, 3.05) is 17.2 Å². The van der Waals surface area contributed by atoms with Gasteiger partial charge < -0.3 is 15.1 Å². The Balaban J connectivity index is 1.68. The third kappa shape index (κ3) is 5.96. The maximum atomic E-state index is 13.9. The summed E-state index contributed by atoms with van der Waals surface area (Å²) < 4.78 is 6.93. The lowest BCUT2D eigenvalue weighted by Crippen LogP contribution is -2.49. The maximum absolute atomic E-state index is 13.9. The topological polar surface area (TPSA) is 118 Å². The summed E-state index contributed by atoms with van der Waals surface area (Å²) in [7, 11) is 0. The smallest absolute Gasteiger partial charge is 0.330 e. The van der Waals surface area contributed by atoms with Gasteiger partial charge in [0.1, 0.15) is 11.6 Å². The number of aromatic amines is 1. The first kappa shape index (κ1) is 25.5. The Kier molecular flexibility index (Phi) is 8.43. The first-order valence-corrected chi connectivity index (χ1v) is 12.7. The highest BCUT2D eigenvalue weighted by Gasteiger charge is 2.33. The summed E-state index contributed by atoms with van der Waals surface area (Å²) in [5.74, 6) is 0.581. The normalized spacial score (nSPS) is 13.9. The first-order valence-electron chi connectivity index (χ1n) is 12.7. The number of rotatable bonds is 11. The molecule has 0 spiro atoms. The van der Waals surface area contributed by atoms with E-state index >= 15 is 0 Å². The molecule has 1 aliphatic carbocycles. The van der Waals surface area contributed by atoms with Crippen LogP contribution >= 0.6 is 0 Å². The van der Waals surface area contributed by atoms with E-state index in [1.165, 1.54) is 4.57 Å². The lowest BCUT2D eigenvalue weighted by Gasteiger charge is -2.32. The van der Waals surface area contributed by atoms with Crippen LogP contribution in [0.1, 0.15) is 56.8 Å². The van der Waals surface area contributed by atoms with Gasteiger partial charge >= 0.3 is 5.69 Å². The maximum Gasteiger partial charge on any atom is 0.330 e. The number of H-pyrrole nitrogens is 1. The predicted octanol–water partition coefficient (Wildman–Crippen LogP) is 3.49. The summed E-state index contributed by atoms with van der Waals surface area (Å²) in [5, 5.41) is 0. The van der Waals surface area contributed by atoms with Gasteiger partial charge in [0.15, 0.2) is 5.69 Å². The van der Waals surface area contributed by atoms with Gasteiger partial charge in [0.2, 0.25) is 5.91 Å². The van der Waals surface area contributed by atoms with E-state index in [1.807, 2.05) is 54.3 Å². The van der Waals surface area contributed by atoms with Gasteiger partial charge in [0, 0.05) is 19.1 Å². The quantitative estimate of drug-likeness (QED) is 0.422. The standard InChI is InChI=1S/C27H35N5O4/c1-2-3-15-31-25(28)24(26(34)29-27(31)35)32(21-12-7-8-13-21)23(33)19-30(18-22-14-9-16-36-22)17-20-10-5-4-6-11-20/h4-6,9-11,14,16,21H,2-3,7-8,12-13,15,17-19,28H2,1H3,(H,29,34,35). The van der Waals surface area contributed by atoms with Crippen LogP contribution in [-0.4, -0.2) is 32.9 Å². The molecule has 0 aliphatic heterocycles. The third-order valence-corrected chi connectivity index (χ3v) is 6.72. The molecule has 0 radical (unpaired) electrons. The zero-order valence-electron chi connectivity index (χ0n) is 20.8. The number of carbonyl (C=O) groups is 1. The SMILES string of the molecule is CCCCn1c(N)c(N(C(=O)CN(Cc2ccccc2)Cc2ccco2)C2CCCC2)c(=O)[nH]c1=O. The number of hydrogen-bond donors (Lipinski definition) is 2. The number of amides is 1. The molecule has 2 aromatic heterocycles. The second-order valence-electron chi connectivity index (χ2n) is 9.41. The minimum atomic E-state index is -0.619. The average molecular weight is 494 g/mol. The average Bonchev–Trinajstić information content (AvgIpc) is 3.57. The molecule has 0 bridgehead atoms. The Hall–Kier alpha value is -3.59. The Morgan fingerprint density at radius 1 is 1.11 bits per heavy atom. The lowest BCUT2D eigenvalue weighted by atomic mass is 10.1. The summed E-state index contributed by atoms with van der Waals surface area (Å²) in [6.45, 7) is 3.44. The van der Waals surface area contributed by atoms with Crippen LogP contribution in [0.25, 0.3) is 0 Å². The largest absolute Gasteiger partial charge is 0.468 e. The fourth-order valence-corrected chi connectivity index (χ4v) is 4.92. The molecule has 2 heterocycles. The highest BCUT2D eigenvalue weighted by atomic mass is 16.3. The molecule has 0 saturated heterocycles. The molecule has 0 atom stereocenters. The van der Waals surface area contributed by atoms with Gasteiger partial charge in [-0.3, -0.25) is 24.0 Å². The minimum Gasteiger partial charge on any atom is -0.468 e. The number of hydrogen-bond acceptors (Lipinski definition) is 6. The molecule has 1 amide bonds. The monoisotopic (exact) mass is 493 g/mol. The van der Waals surface area contributed by atoms with E-state index in [1.54, 1.807) is 11.2 Å². The van der Waals surface area contributed by atoms with Crippen LogP contribution in [0.3, 0.4) is 0 Å². The molecule has 1 fully saturated rings.